The highest BCUT2D eigenvalue weighted by atomic mass is 35.5. The second-order valence-electron chi connectivity index (χ2n) is 6.22. The molecule has 2 aromatic rings. The normalized spacial score (nSPS) is 11.3. The predicted molar refractivity (Wildman–Crippen MR) is 107 cm³/mol. The van der Waals surface area contributed by atoms with Gasteiger partial charge in [0.05, 0.1) is 17.0 Å². The Kier molecular flexibility index (Phi) is 7.21. The quantitative estimate of drug-likeness (QED) is 0.705. The Labute approximate surface area is 164 Å². The number of hydrogen-bond acceptors (Lipinski definition) is 3. The Morgan fingerprint density at radius 1 is 1.19 bits per heavy atom. The highest BCUT2D eigenvalue weighted by Crippen LogP contribution is 2.24. The lowest BCUT2D eigenvalue weighted by molar-refractivity contribution is -0.114. The van der Waals surface area contributed by atoms with Crippen LogP contribution in [0.25, 0.3) is 0 Å². The molecule has 0 unspecified atom stereocenters. The molecule has 8 heteroatoms. The summed E-state index contributed by atoms with van der Waals surface area (Å²) in [5.74, 6) is -1.18. The van der Waals surface area contributed by atoms with E-state index in [-0.39, 0.29) is 10.7 Å². The van der Waals surface area contributed by atoms with Gasteiger partial charge in [-0.1, -0.05) is 37.1 Å². The number of carbonyl (C=O) groups excluding carboxylic acids is 1. The molecular weight excluding hydrogens is 391 g/mol. The van der Waals surface area contributed by atoms with Crippen LogP contribution in [0, 0.1) is 5.82 Å². The number of amides is 1. The first-order valence-corrected chi connectivity index (χ1v) is 10.7. The molecule has 0 radical (unpaired) electrons. The highest BCUT2D eigenvalue weighted by molar-refractivity contribution is 7.92. The summed E-state index contributed by atoms with van der Waals surface area (Å²) in [6, 6.07) is 10.9. The molecule has 0 atom stereocenters. The summed E-state index contributed by atoms with van der Waals surface area (Å²) in [6.07, 6.45) is 4.14. The van der Waals surface area contributed by atoms with E-state index in [1.807, 2.05) is 12.1 Å². The first kappa shape index (κ1) is 21.2. The maximum Gasteiger partial charge on any atom is 0.245 e. The number of nitrogens with zero attached hydrogens (tertiary/aromatic N) is 1. The lowest BCUT2D eigenvalue weighted by Crippen LogP contribution is -2.37. The van der Waals surface area contributed by atoms with Crippen molar-refractivity contribution in [3.8, 4) is 0 Å². The van der Waals surface area contributed by atoms with Crippen LogP contribution in [-0.4, -0.2) is 27.1 Å². The molecular formula is C19H22ClFN2O3S. The van der Waals surface area contributed by atoms with Gasteiger partial charge >= 0.3 is 0 Å². The summed E-state index contributed by atoms with van der Waals surface area (Å²) < 4.78 is 38.4. The molecule has 0 fully saturated rings. The summed E-state index contributed by atoms with van der Waals surface area (Å²) in [4.78, 5) is 12.3. The fourth-order valence-electron chi connectivity index (χ4n) is 2.51. The zero-order valence-electron chi connectivity index (χ0n) is 15.2. The highest BCUT2D eigenvalue weighted by Gasteiger charge is 2.21. The summed E-state index contributed by atoms with van der Waals surface area (Å²) in [5, 5.41) is 2.45. The number of anilines is 2. The third-order valence-electron chi connectivity index (χ3n) is 3.94. The standard InChI is InChI=1S/C19H22ClFN2O3S/c1-3-4-5-14-6-8-15(9-7-14)22-19(24)13-23(27(2,25)26)16-10-11-18(21)17(20)12-16/h6-12H,3-5,13H2,1-2H3,(H,22,24). The number of hydrogen-bond donors (Lipinski definition) is 1. The molecule has 2 aromatic carbocycles. The van der Waals surface area contributed by atoms with Crippen molar-refractivity contribution in [1.29, 1.82) is 0 Å². The summed E-state index contributed by atoms with van der Waals surface area (Å²) in [7, 11) is -3.76. The largest absolute Gasteiger partial charge is 0.325 e. The molecule has 2 rings (SSSR count). The average Bonchev–Trinajstić information content (AvgIpc) is 2.60. The van der Waals surface area contributed by atoms with Crippen molar-refractivity contribution in [2.24, 2.45) is 0 Å². The van der Waals surface area contributed by atoms with Crippen LogP contribution in [0.3, 0.4) is 0 Å². The smallest absolute Gasteiger partial charge is 0.245 e. The zero-order valence-corrected chi connectivity index (χ0v) is 16.8. The van der Waals surface area contributed by atoms with E-state index in [2.05, 4.69) is 12.2 Å². The van der Waals surface area contributed by atoms with Crippen molar-refractivity contribution in [2.75, 3.05) is 22.4 Å². The molecule has 146 valence electrons. The van der Waals surface area contributed by atoms with Crippen LogP contribution in [-0.2, 0) is 21.2 Å². The van der Waals surface area contributed by atoms with Crippen LogP contribution in [0.5, 0.6) is 0 Å². The molecule has 0 aliphatic carbocycles. The predicted octanol–water partition coefficient (Wildman–Crippen LogP) is 4.23. The molecule has 5 nitrogen and oxygen atoms in total. The van der Waals surface area contributed by atoms with Gasteiger partial charge < -0.3 is 5.32 Å². The Morgan fingerprint density at radius 2 is 1.85 bits per heavy atom. The van der Waals surface area contributed by atoms with Crippen molar-refractivity contribution < 1.29 is 17.6 Å². The topological polar surface area (TPSA) is 66.5 Å². The second kappa shape index (κ2) is 9.19. The van der Waals surface area contributed by atoms with Gasteiger partial charge in [0.25, 0.3) is 0 Å². The van der Waals surface area contributed by atoms with Gasteiger partial charge in [0, 0.05) is 5.69 Å². The van der Waals surface area contributed by atoms with Gasteiger partial charge in [-0.25, -0.2) is 12.8 Å². The molecule has 0 saturated carbocycles. The number of aryl methyl sites for hydroxylation is 1. The molecule has 1 amide bonds. The lowest BCUT2D eigenvalue weighted by Gasteiger charge is -2.22. The van der Waals surface area contributed by atoms with Gasteiger partial charge in [0.1, 0.15) is 12.4 Å². The Balaban J connectivity index is 2.11. The van der Waals surface area contributed by atoms with E-state index in [1.165, 1.54) is 17.7 Å². The van der Waals surface area contributed by atoms with Crippen LogP contribution in [0.15, 0.2) is 42.5 Å². The fraction of sp³-hybridized carbons (Fsp3) is 0.316. The van der Waals surface area contributed by atoms with E-state index < -0.39 is 28.3 Å². The van der Waals surface area contributed by atoms with Crippen molar-refractivity contribution in [2.45, 2.75) is 26.2 Å². The minimum absolute atomic E-state index is 0.119. The van der Waals surface area contributed by atoms with E-state index in [0.717, 1.165) is 35.9 Å². The van der Waals surface area contributed by atoms with Gasteiger partial charge in [-0.3, -0.25) is 9.10 Å². The number of nitrogens with one attached hydrogen (secondary N) is 1. The van der Waals surface area contributed by atoms with Crippen LogP contribution >= 0.6 is 11.6 Å². The number of carbonyl (C=O) groups is 1. The maximum atomic E-state index is 13.3. The molecule has 0 aliphatic heterocycles. The monoisotopic (exact) mass is 412 g/mol. The van der Waals surface area contributed by atoms with Gasteiger partial charge in [-0.05, 0) is 48.7 Å². The van der Waals surface area contributed by atoms with E-state index in [0.29, 0.717) is 5.69 Å². The first-order chi connectivity index (χ1) is 12.7. The number of sulfonamides is 1. The molecule has 27 heavy (non-hydrogen) atoms. The Morgan fingerprint density at radius 3 is 2.41 bits per heavy atom. The van der Waals surface area contributed by atoms with E-state index in [4.69, 9.17) is 11.6 Å². The number of unbranched alkanes of at least 4 members (excludes halogenated alkanes) is 1. The van der Waals surface area contributed by atoms with Crippen molar-refractivity contribution >= 4 is 38.9 Å². The summed E-state index contributed by atoms with van der Waals surface area (Å²) in [5.41, 5.74) is 1.87. The molecule has 0 aromatic heterocycles. The van der Waals surface area contributed by atoms with Gasteiger partial charge in [0.15, 0.2) is 0 Å². The van der Waals surface area contributed by atoms with Crippen LogP contribution in [0.4, 0.5) is 15.8 Å². The summed E-state index contributed by atoms with van der Waals surface area (Å²) in [6.45, 7) is 1.68. The molecule has 0 spiro atoms. The number of halogens is 2. The molecule has 0 bridgehead atoms. The van der Waals surface area contributed by atoms with E-state index in [9.17, 15) is 17.6 Å². The van der Waals surface area contributed by atoms with E-state index >= 15 is 0 Å². The Hall–Kier alpha value is -2.12. The first-order valence-electron chi connectivity index (χ1n) is 8.52. The van der Waals surface area contributed by atoms with E-state index in [1.54, 1.807) is 12.1 Å². The van der Waals surface area contributed by atoms with Gasteiger partial charge in [-0.15, -0.1) is 0 Å². The van der Waals surface area contributed by atoms with Crippen LogP contribution in [0.1, 0.15) is 25.3 Å². The minimum Gasteiger partial charge on any atom is -0.325 e. The number of rotatable bonds is 8. The van der Waals surface area contributed by atoms with Crippen molar-refractivity contribution in [3.05, 3.63) is 58.9 Å². The zero-order chi connectivity index (χ0) is 20.0. The van der Waals surface area contributed by atoms with Crippen molar-refractivity contribution in [3.63, 3.8) is 0 Å². The lowest BCUT2D eigenvalue weighted by atomic mass is 10.1. The van der Waals surface area contributed by atoms with Crippen LogP contribution in [0.2, 0.25) is 5.02 Å². The minimum atomic E-state index is -3.76. The third kappa shape index (κ3) is 6.22. The summed E-state index contributed by atoms with van der Waals surface area (Å²) >= 11 is 5.73. The van der Waals surface area contributed by atoms with Gasteiger partial charge in [-0.2, -0.15) is 0 Å². The third-order valence-corrected chi connectivity index (χ3v) is 5.37. The van der Waals surface area contributed by atoms with Gasteiger partial charge in [0.2, 0.25) is 15.9 Å². The fourth-order valence-corrected chi connectivity index (χ4v) is 3.53. The maximum absolute atomic E-state index is 13.3. The van der Waals surface area contributed by atoms with Crippen molar-refractivity contribution in [1.82, 2.24) is 0 Å². The number of benzene rings is 2. The second-order valence-corrected chi connectivity index (χ2v) is 8.53. The SMILES string of the molecule is CCCCc1ccc(NC(=O)CN(c2ccc(F)c(Cl)c2)S(C)(=O)=O)cc1. The average molecular weight is 413 g/mol. The molecule has 1 N–H and O–H groups in total. The molecule has 0 saturated heterocycles. The molecule has 0 heterocycles. The molecule has 0 aliphatic rings. The Bertz CT molecular complexity index is 902. The van der Waals surface area contributed by atoms with Crippen LogP contribution < -0.4 is 9.62 Å².